The number of aromatic nitrogens is 2. The lowest BCUT2D eigenvalue weighted by molar-refractivity contribution is 0.416. The standard InChI is InChI=1S/C12H9FN4O2/c1-19-10-3-2-7(13)4-9(10)16-11-5-8(6-14)15-12(18)17-11/h2-5H,1H3,(H2,15,16,17,18). The molecule has 19 heavy (non-hydrogen) atoms. The van der Waals surface area contributed by atoms with Crippen LogP contribution in [0.25, 0.3) is 0 Å². The Balaban J connectivity index is 2.41. The highest BCUT2D eigenvalue weighted by Gasteiger charge is 2.07. The Morgan fingerprint density at radius 2 is 2.26 bits per heavy atom. The summed E-state index contributed by atoms with van der Waals surface area (Å²) in [6, 6.07) is 7.02. The van der Waals surface area contributed by atoms with Gasteiger partial charge in [0, 0.05) is 12.1 Å². The van der Waals surface area contributed by atoms with Crippen molar-refractivity contribution in [2.75, 3.05) is 12.4 Å². The molecule has 0 bridgehead atoms. The minimum Gasteiger partial charge on any atom is -0.495 e. The fourth-order valence-electron chi connectivity index (χ4n) is 1.50. The highest BCUT2D eigenvalue weighted by molar-refractivity contribution is 5.64. The van der Waals surface area contributed by atoms with Crippen molar-refractivity contribution in [1.82, 2.24) is 9.97 Å². The second kappa shape index (κ2) is 5.18. The molecule has 2 N–H and O–H groups in total. The molecule has 2 rings (SSSR count). The van der Waals surface area contributed by atoms with E-state index in [0.717, 1.165) is 0 Å². The van der Waals surface area contributed by atoms with Gasteiger partial charge in [-0.05, 0) is 12.1 Å². The summed E-state index contributed by atoms with van der Waals surface area (Å²) in [5, 5.41) is 11.5. The third-order valence-electron chi connectivity index (χ3n) is 2.29. The summed E-state index contributed by atoms with van der Waals surface area (Å²) in [6.07, 6.45) is 0. The van der Waals surface area contributed by atoms with E-state index in [9.17, 15) is 9.18 Å². The zero-order valence-corrected chi connectivity index (χ0v) is 9.90. The first-order chi connectivity index (χ1) is 9.12. The van der Waals surface area contributed by atoms with Crippen LogP contribution in [0.15, 0.2) is 29.1 Å². The van der Waals surface area contributed by atoms with Gasteiger partial charge in [-0.3, -0.25) is 4.98 Å². The third kappa shape index (κ3) is 2.87. The minimum atomic E-state index is -0.670. The molecule has 0 spiro atoms. The largest absolute Gasteiger partial charge is 0.495 e. The van der Waals surface area contributed by atoms with Crippen molar-refractivity contribution in [2.24, 2.45) is 0 Å². The Hall–Kier alpha value is -2.88. The Bertz CT molecular complexity index is 706. The summed E-state index contributed by atoms with van der Waals surface area (Å²) in [5.74, 6) is 0.0554. The Labute approximate surface area is 107 Å². The number of rotatable bonds is 3. The van der Waals surface area contributed by atoms with Crippen LogP contribution in [0.2, 0.25) is 0 Å². The lowest BCUT2D eigenvalue weighted by Gasteiger charge is -2.10. The van der Waals surface area contributed by atoms with Crippen molar-refractivity contribution in [3.05, 3.63) is 46.3 Å². The van der Waals surface area contributed by atoms with E-state index in [1.165, 1.54) is 31.4 Å². The maximum absolute atomic E-state index is 13.2. The number of hydrogen-bond acceptors (Lipinski definition) is 5. The molecule has 1 heterocycles. The highest BCUT2D eigenvalue weighted by Crippen LogP contribution is 2.27. The van der Waals surface area contributed by atoms with E-state index in [-0.39, 0.29) is 11.5 Å². The molecule has 2 aromatic rings. The number of nitrogens with one attached hydrogen (secondary N) is 2. The number of ether oxygens (including phenoxy) is 1. The molecule has 1 aromatic heterocycles. The summed E-state index contributed by atoms with van der Waals surface area (Å²) in [4.78, 5) is 17.1. The summed E-state index contributed by atoms with van der Waals surface area (Å²) in [5.41, 5.74) is -0.306. The van der Waals surface area contributed by atoms with E-state index in [1.54, 1.807) is 6.07 Å². The minimum absolute atomic E-state index is 0.0536. The van der Waals surface area contributed by atoms with Crippen LogP contribution in [0, 0.1) is 17.1 Å². The van der Waals surface area contributed by atoms with Gasteiger partial charge in [0.15, 0.2) is 0 Å². The van der Waals surface area contributed by atoms with Gasteiger partial charge >= 0.3 is 5.69 Å². The number of methoxy groups -OCH3 is 1. The van der Waals surface area contributed by atoms with Crippen molar-refractivity contribution >= 4 is 11.5 Å². The van der Waals surface area contributed by atoms with E-state index in [1.807, 2.05) is 0 Å². The molecular formula is C12H9FN4O2. The van der Waals surface area contributed by atoms with Gasteiger partial charge in [0.05, 0.1) is 12.8 Å². The Morgan fingerprint density at radius 1 is 1.47 bits per heavy atom. The number of hydrogen-bond donors (Lipinski definition) is 2. The molecule has 0 aliphatic rings. The summed E-state index contributed by atoms with van der Waals surface area (Å²) < 4.78 is 18.2. The van der Waals surface area contributed by atoms with E-state index in [0.29, 0.717) is 11.4 Å². The number of benzene rings is 1. The molecule has 6 nitrogen and oxygen atoms in total. The zero-order valence-electron chi connectivity index (χ0n) is 9.90. The number of H-pyrrole nitrogens is 1. The van der Waals surface area contributed by atoms with Crippen molar-refractivity contribution in [1.29, 1.82) is 5.26 Å². The van der Waals surface area contributed by atoms with E-state index in [2.05, 4.69) is 15.3 Å². The topological polar surface area (TPSA) is 90.8 Å². The first-order valence-corrected chi connectivity index (χ1v) is 5.24. The molecule has 1 aromatic carbocycles. The fraction of sp³-hybridized carbons (Fsp3) is 0.0833. The maximum atomic E-state index is 13.2. The van der Waals surface area contributed by atoms with Crippen LogP contribution in [0.4, 0.5) is 15.9 Å². The third-order valence-corrected chi connectivity index (χ3v) is 2.29. The van der Waals surface area contributed by atoms with Crippen molar-refractivity contribution in [2.45, 2.75) is 0 Å². The Kier molecular flexibility index (Phi) is 3.43. The molecule has 0 atom stereocenters. The number of halogens is 1. The van der Waals surface area contributed by atoms with Crippen LogP contribution in [-0.4, -0.2) is 17.1 Å². The molecule has 0 aliphatic heterocycles. The van der Waals surface area contributed by atoms with E-state index in [4.69, 9.17) is 10.00 Å². The van der Waals surface area contributed by atoms with Gasteiger partial charge < -0.3 is 10.1 Å². The number of nitrogens with zero attached hydrogens (tertiary/aromatic N) is 2. The van der Waals surface area contributed by atoms with Gasteiger partial charge in [-0.25, -0.2) is 9.18 Å². The van der Waals surface area contributed by atoms with Gasteiger partial charge in [0.25, 0.3) is 0 Å². The van der Waals surface area contributed by atoms with Crippen LogP contribution >= 0.6 is 0 Å². The monoisotopic (exact) mass is 260 g/mol. The summed E-state index contributed by atoms with van der Waals surface area (Å²) in [7, 11) is 1.43. The normalized spacial score (nSPS) is 9.74. The van der Waals surface area contributed by atoms with Gasteiger partial charge in [-0.2, -0.15) is 10.2 Å². The predicted octanol–water partition coefficient (Wildman–Crippen LogP) is 1.53. The molecule has 0 unspecified atom stereocenters. The van der Waals surface area contributed by atoms with Crippen LogP contribution in [-0.2, 0) is 0 Å². The Morgan fingerprint density at radius 3 is 2.95 bits per heavy atom. The van der Waals surface area contributed by atoms with Gasteiger partial charge in [0.2, 0.25) is 0 Å². The SMILES string of the molecule is COc1ccc(F)cc1Nc1cc(C#N)[nH]c(=O)n1. The molecule has 0 amide bonds. The molecule has 0 fully saturated rings. The maximum Gasteiger partial charge on any atom is 0.347 e. The predicted molar refractivity (Wildman–Crippen MR) is 65.8 cm³/mol. The van der Waals surface area contributed by atoms with E-state index >= 15 is 0 Å². The van der Waals surface area contributed by atoms with Gasteiger partial charge in [-0.15, -0.1) is 0 Å². The number of anilines is 2. The highest BCUT2D eigenvalue weighted by atomic mass is 19.1. The molecule has 96 valence electrons. The van der Waals surface area contributed by atoms with E-state index < -0.39 is 11.5 Å². The van der Waals surface area contributed by atoms with Crippen molar-refractivity contribution in [3.8, 4) is 11.8 Å². The molecule has 0 saturated heterocycles. The zero-order chi connectivity index (χ0) is 13.8. The second-order valence-corrected chi connectivity index (χ2v) is 3.57. The molecular weight excluding hydrogens is 251 g/mol. The first kappa shape index (κ1) is 12.6. The quantitative estimate of drug-likeness (QED) is 0.873. The van der Waals surface area contributed by atoms with Crippen molar-refractivity contribution < 1.29 is 9.13 Å². The number of aromatic amines is 1. The molecule has 0 radical (unpaired) electrons. The average Bonchev–Trinajstić information content (AvgIpc) is 2.38. The van der Waals surface area contributed by atoms with Crippen LogP contribution in [0.3, 0.4) is 0 Å². The first-order valence-electron chi connectivity index (χ1n) is 5.24. The molecule has 0 aliphatic carbocycles. The van der Waals surface area contributed by atoms with Gasteiger partial charge in [0.1, 0.15) is 29.1 Å². The second-order valence-electron chi connectivity index (χ2n) is 3.57. The molecule has 7 heteroatoms. The fourth-order valence-corrected chi connectivity index (χ4v) is 1.50. The summed E-state index contributed by atoms with van der Waals surface area (Å²) in [6.45, 7) is 0. The van der Waals surface area contributed by atoms with Gasteiger partial charge in [-0.1, -0.05) is 0 Å². The number of nitriles is 1. The molecule has 0 saturated carbocycles. The lowest BCUT2D eigenvalue weighted by Crippen LogP contribution is -2.13. The smallest absolute Gasteiger partial charge is 0.347 e. The van der Waals surface area contributed by atoms with Crippen LogP contribution in [0.1, 0.15) is 5.69 Å². The van der Waals surface area contributed by atoms with Crippen LogP contribution < -0.4 is 15.7 Å². The lowest BCUT2D eigenvalue weighted by atomic mass is 10.2. The summed E-state index contributed by atoms with van der Waals surface area (Å²) >= 11 is 0. The van der Waals surface area contributed by atoms with Crippen LogP contribution in [0.5, 0.6) is 5.75 Å². The van der Waals surface area contributed by atoms with Crippen molar-refractivity contribution in [3.63, 3.8) is 0 Å². The average molecular weight is 260 g/mol.